The highest BCUT2D eigenvalue weighted by molar-refractivity contribution is 7.99. The van der Waals surface area contributed by atoms with Gasteiger partial charge >= 0.3 is 0 Å². The van der Waals surface area contributed by atoms with Gasteiger partial charge < -0.3 is 0 Å². The highest BCUT2D eigenvalue weighted by Crippen LogP contribution is 2.25. The van der Waals surface area contributed by atoms with E-state index < -0.39 is 0 Å². The van der Waals surface area contributed by atoms with Crippen molar-refractivity contribution in [3.05, 3.63) is 54.2 Å². The summed E-state index contributed by atoms with van der Waals surface area (Å²) in [5.41, 5.74) is 0.481. The van der Waals surface area contributed by atoms with Crippen LogP contribution in [0.5, 0.6) is 0 Å². The summed E-state index contributed by atoms with van der Waals surface area (Å²) in [4.78, 5) is 16.8. The Bertz CT molecular complexity index is 573. The number of nitrogens with zero attached hydrogens (tertiary/aromatic N) is 2. The summed E-state index contributed by atoms with van der Waals surface area (Å²) < 4.78 is 0. The molecule has 1 aromatic heterocycles. The van der Waals surface area contributed by atoms with E-state index in [-0.39, 0.29) is 12.2 Å². The summed E-state index contributed by atoms with van der Waals surface area (Å²) in [6, 6.07) is 15.2. The zero-order valence-electron chi connectivity index (χ0n) is 9.54. The van der Waals surface area contributed by atoms with Gasteiger partial charge in [0.25, 0.3) is 0 Å². The van der Waals surface area contributed by atoms with Crippen LogP contribution < -0.4 is 0 Å². The van der Waals surface area contributed by atoms with Crippen LogP contribution in [0.4, 0.5) is 0 Å². The Morgan fingerprint density at radius 1 is 1.22 bits per heavy atom. The van der Waals surface area contributed by atoms with Gasteiger partial charge in [0.15, 0.2) is 5.78 Å². The summed E-state index contributed by atoms with van der Waals surface area (Å²) in [5, 5.41) is 9.28. The average Bonchev–Trinajstić information content (AvgIpc) is 2.41. The fourth-order valence-electron chi connectivity index (χ4n) is 1.39. The van der Waals surface area contributed by atoms with Crippen LogP contribution in [0.25, 0.3) is 0 Å². The molecule has 0 N–H and O–H groups in total. The SMILES string of the molecule is N#CCC(=O)c1ccc(Sc2ccccc2)nc1. The monoisotopic (exact) mass is 254 g/mol. The minimum atomic E-state index is -0.193. The molecule has 0 unspecified atom stereocenters. The van der Waals surface area contributed by atoms with Crippen LogP contribution in [0.1, 0.15) is 16.8 Å². The number of carbonyl (C=O) groups is 1. The molecule has 4 heteroatoms. The summed E-state index contributed by atoms with van der Waals surface area (Å²) in [7, 11) is 0. The van der Waals surface area contributed by atoms with Crippen molar-refractivity contribution in [2.45, 2.75) is 16.3 Å². The Labute approximate surface area is 109 Å². The van der Waals surface area contributed by atoms with Gasteiger partial charge in [-0.15, -0.1) is 0 Å². The Hall–Kier alpha value is -2.12. The van der Waals surface area contributed by atoms with Crippen molar-refractivity contribution in [1.82, 2.24) is 4.98 Å². The van der Waals surface area contributed by atoms with E-state index in [2.05, 4.69) is 4.98 Å². The lowest BCUT2D eigenvalue weighted by atomic mass is 10.1. The van der Waals surface area contributed by atoms with Gasteiger partial charge in [0.05, 0.1) is 12.5 Å². The van der Waals surface area contributed by atoms with E-state index in [0.29, 0.717) is 5.56 Å². The molecule has 0 atom stereocenters. The van der Waals surface area contributed by atoms with E-state index >= 15 is 0 Å². The zero-order valence-corrected chi connectivity index (χ0v) is 10.4. The number of hydrogen-bond acceptors (Lipinski definition) is 4. The smallest absolute Gasteiger partial charge is 0.178 e. The molecule has 0 radical (unpaired) electrons. The molecule has 0 spiro atoms. The normalized spacial score (nSPS) is 9.72. The second-order valence-electron chi connectivity index (χ2n) is 3.56. The first-order valence-electron chi connectivity index (χ1n) is 5.38. The molecule has 2 rings (SSSR count). The maximum atomic E-state index is 11.4. The largest absolute Gasteiger partial charge is 0.293 e. The Morgan fingerprint density at radius 3 is 2.61 bits per heavy atom. The van der Waals surface area contributed by atoms with E-state index in [1.165, 1.54) is 18.0 Å². The van der Waals surface area contributed by atoms with E-state index in [4.69, 9.17) is 5.26 Å². The van der Waals surface area contributed by atoms with Crippen LogP contribution in [0, 0.1) is 11.3 Å². The van der Waals surface area contributed by atoms with Gasteiger partial charge in [-0.2, -0.15) is 5.26 Å². The standard InChI is InChI=1S/C14H10N2OS/c15-9-8-13(17)11-6-7-14(16-10-11)18-12-4-2-1-3-5-12/h1-7,10H,8H2. The van der Waals surface area contributed by atoms with Crippen molar-refractivity contribution < 1.29 is 4.79 Å². The molecule has 0 bridgehead atoms. The van der Waals surface area contributed by atoms with Crippen LogP contribution in [0.2, 0.25) is 0 Å². The summed E-state index contributed by atoms with van der Waals surface area (Å²) >= 11 is 1.53. The lowest BCUT2D eigenvalue weighted by molar-refractivity contribution is 0.0997. The summed E-state index contributed by atoms with van der Waals surface area (Å²) in [5.74, 6) is -0.193. The molecule has 0 amide bonds. The van der Waals surface area contributed by atoms with Crippen molar-refractivity contribution >= 4 is 17.5 Å². The fourth-order valence-corrected chi connectivity index (χ4v) is 2.16. The molecule has 0 aliphatic rings. The number of benzene rings is 1. The molecule has 0 aliphatic heterocycles. The molecule has 0 saturated heterocycles. The predicted octanol–water partition coefficient (Wildman–Crippen LogP) is 3.33. The summed E-state index contributed by atoms with van der Waals surface area (Å²) in [6.07, 6.45) is 1.41. The van der Waals surface area contributed by atoms with Crippen molar-refractivity contribution in [2.75, 3.05) is 0 Å². The van der Waals surface area contributed by atoms with E-state index in [0.717, 1.165) is 9.92 Å². The lowest BCUT2D eigenvalue weighted by Gasteiger charge is -2.01. The van der Waals surface area contributed by atoms with E-state index in [9.17, 15) is 4.79 Å². The minimum absolute atomic E-state index is 0.104. The first-order valence-corrected chi connectivity index (χ1v) is 6.20. The number of hydrogen-bond donors (Lipinski definition) is 0. The topological polar surface area (TPSA) is 53.8 Å². The van der Waals surface area contributed by atoms with Gasteiger partial charge in [0.1, 0.15) is 5.03 Å². The van der Waals surface area contributed by atoms with Gasteiger partial charge in [-0.05, 0) is 24.3 Å². The first kappa shape index (κ1) is 12.3. The molecule has 18 heavy (non-hydrogen) atoms. The molecule has 0 fully saturated rings. The molecular formula is C14H10N2OS. The third-order valence-electron chi connectivity index (χ3n) is 2.26. The lowest BCUT2D eigenvalue weighted by Crippen LogP contribution is -1.97. The first-order chi connectivity index (χ1) is 8.79. The van der Waals surface area contributed by atoms with Crippen molar-refractivity contribution in [2.24, 2.45) is 0 Å². The Kier molecular flexibility index (Phi) is 4.11. The van der Waals surface area contributed by atoms with E-state index in [1.54, 1.807) is 12.1 Å². The molecule has 2 aromatic rings. The highest BCUT2D eigenvalue weighted by Gasteiger charge is 2.06. The number of rotatable bonds is 4. The van der Waals surface area contributed by atoms with Gasteiger partial charge in [-0.3, -0.25) is 4.79 Å². The third kappa shape index (κ3) is 3.19. The number of carbonyl (C=O) groups excluding carboxylic acids is 1. The number of Topliss-reactive ketones (excluding diaryl/α,β-unsaturated/α-hetero) is 1. The second-order valence-corrected chi connectivity index (χ2v) is 4.65. The average molecular weight is 254 g/mol. The van der Waals surface area contributed by atoms with Gasteiger partial charge in [-0.1, -0.05) is 30.0 Å². The van der Waals surface area contributed by atoms with Gasteiger partial charge in [-0.25, -0.2) is 4.98 Å². The van der Waals surface area contributed by atoms with Crippen molar-refractivity contribution in [1.29, 1.82) is 5.26 Å². The number of aromatic nitrogens is 1. The molecule has 1 aromatic carbocycles. The molecule has 0 saturated carbocycles. The van der Waals surface area contributed by atoms with Crippen molar-refractivity contribution in [3.8, 4) is 6.07 Å². The fraction of sp³-hybridized carbons (Fsp3) is 0.0714. The van der Waals surface area contributed by atoms with Crippen molar-refractivity contribution in [3.63, 3.8) is 0 Å². The van der Waals surface area contributed by atoms with Gasteiger partial charge in [0.2, 0.25) is 0 Å². The van der Waals surface area contributed by atoms with Crippen LogP contribution in [0.15, 0.2) is 58.6 Å². The Balaban J connectivity index is 2.09. The predicted molar refractivity (Wildman–Crippen MR) is 69.4 cm³/mol. The second kappa shape index (κ2) is 5.99. The maximum absolute atomic E-state index is 11.4. The molecule has 3 nitrogen and oxygen atoms in total. The van der Waals surface area contributed by atoms with Crippen LogP contribution >= 0.6 is 11.8 Å². The van der Waals surface area contributed by atoms with E-state index in [1.807, 2.05) is 36.4 Å². The number of pyridine rings is 1. The summed E-state index contributed by atoms with van der Waals surface area (Å²) in [6.45, 7) is 0. The quantitative estimate of drug-likeness (QED) is 0.785. The number of ketones is 1. The molecular weight excluding hydrogens is 244 g/mol. The molecule has 1 heterocycles. The zero-order chi connectivity index (χ0) is 12.8. The third-order valence-corrected chi connectivity index (χ3v) is 3.22. The minimum Gasteiger partial charge on any atom is -0.293 e. The maximum Gasteiger partial charge on any atom is 0.178 e. The molecule has 0 aliphatic carbocycles. The highest BCUT2D eigenvalue weighted by atomic mass is 32.2. The molecule has 88 valence electrons. The van der Waals surface area contributed by atoms with Crippen LogP contribution in [-0.2, 0) is 0 Å². The Morgan fingerprint density at radius 2 is 2.00 bits per heavy atom. The van der Waals surface area contributed by atoms with Gasteiger partial charge in [0, 0.05) is 16.7 Å². The van der Waals surface area contributed by atoms with Crippen LogP contribution in [-0.4, -0.2) is 10.8 Å². The van der Waals surface area contributed by atoms with Crippen LogP contribution in [0.3, 0.4) is 0 Å². The number of nitriles is 1.